The molecule has 2 atom stereocenters. The van der Waals surface area contributed by atoms with Crippen LogP contribution < -0.4 is 16.3 Å². The fraction of sp³-hybridized carbons (Fsp3) is 0.500. The van der Waals surface area contributed by atoms with Crippen molar-refractivity contribution in [2.75, 3.05) is 31.6 Å². The highest BCUT2D eigenvalue weighted by Gasteiger charge is 2.35. The Hall–Kier alpha value is -2.38. The van der Waals surface area contributed by atoms with Crippen molar-refractivity contribution in [1.29, 1.82) is 0 Å². The van der Waals surface area contributed by atoms with Crippen LogP contribution in [0.4, 0.5) is 10.5 Å². The molecule has 2 saturated heterocycles. The summed E-state index contributed by atoms with van der Waals surface area (Å²) in [5.74, 6) is 0. The number of aryl methyl sites for hydroxylation is 2. The van der Waals surface area contributed by atoms with Gasteiger partial charge in [0.05, 0.1) is 25.3 Å². The average Bonchev–Trinajstić information content (AvgIpc) is 3.27. The third-order valence-corrected chi connectivity index (χ3v) is 5.52. The highest BCUT2D eigenvalue weighted by Crippen LogP contribution is 2.25. The molecule has 2 aromatic rings. The van der Waals surface area contributed by atoms with Crippen LogP contribution in [-0.4, -0.2) is 49.3 Å². The Morgan fingerprint density at radius 1 is 1.11 bits per heavy atom. The van der Waals surface area contributed by atoms with E-state index in [4.69, 9.17) is 9.15 Å². The highest BCUT2D eigenvalue weighted by molar-refractivity contribution is 5.94. The minimum atomic E-state index is -0.368. The molecule has 1 aromatic carbocycles. The molecule has 0 saturated carbocycles. The average molecular weight is 371 g/mol. The summed E-state index contributed by atoms with van der Waals surface area (Å²) in [6.07, 6.45) is 2.42. The molecule has 0 aliphatic carbocycles. The maximum atomic E-state index is 12.6. The van der Waals surface area contributed by atoms with Crippen molar-refractivity contribution in [3.05, 3.63) is 39.7 Å². The molecule has 2 fully saturated rings. The van der Waals surface area contributed by atoms with Crippen LogP contribution in [0.3, 0.4) is 0 Å². The van der Waals surface area contributed by atoms with E-state index < -0.39 is 0 Å². The van der Waals surface area contributed by atoms with E-state index in [2.05, 4.69) is 15.5 Å². The first-order chi connectivity index (χ1) is 13.0. The first kappa shape index (κ1) is 18.0. The molecule has 7 heteroatoms. The summed E-state index contributed by atoms with van der Waals surface area (Å²) < 4.78 is 10.9. The van der Waals surface area contributed by atoms with Crippen molar-refractivity contribution in [2.24, 2.45) is 0 Å². The second-order valence-electron chi connectivity index (χ2n) is 7.46. The van der Waals surface area contributed by atoms with Gasteiger partial charge in [0.25, 0.3) is 0 Å². The summed E-state index contributed by atoms with van der Waals surface area (Å²) in [7, 11) is 0. The number of carbonyl (C=O) groups is 1. The predicted octanol–water partition coefficient (Wildman–Crippen LogP) is 2.39. The van der Waals surface area contributed by atoms with Crippen LogP contribution in [0.15, 0.2) is 27.4 Å². The molecule has 7 nitrogen and oxygen atoms in total. The van der Waals surface area contributed by atoms with Gasteiger partial charge in [-0.3, -0.25) is 4.90 Å². The largest absolute Gasteiger partial charge is 0.423 e. The number of nitrogens with one attached hydrogen (secondary N) is 2. The molecule has 0 spiro atoms. The van der Waals surface area contributed by atoms with Crippen LogP contribution in [0.5, 0.6) is 0 Å². The zero-order valence-electron chi connectivity index (χ0n) is 15.7. The number of urea groups is 1. The lowest BCUT2D eigenvalue weighted by atomic mass is 10.1. The molecule has 3 heterocycles. The Labute approximate surface area is 157 Å². The number of amides is 2. The van der Waals surface area contributed by atoms with E-state index in [-0.39, 0.29) is 23.7 Å². The molecule has 2 N–H and O–H groups in total. The van der Waals surface area contributed by atoms with Gasteiger partial charge in [-0.05, 0) is 63.0 Å². The minimum absolute atomic E-state index is 0.0105. The number of hydrogen-bond acceptors (Lipinski definition) is 5. The molecule has 4 rings (SSSR count). The zero-order chi connectivity index (χ0) is 19.0. The van der Waals surface area contributed by atoms with Crippen LogP contribution in [0.2, 0.25) is 0 Å². The fourth-order valence-electron chi connectivity index (χ4n) is 4.04. The number of carbonyl (C=O) groups excluding carboxylic acids is 1. The molecule has 2 aliphatic rings. The fourth-order valence-corrected chi connectivity index (χ4v) is 4.04. The third kappa shape index (κ3) is 3.70. The number of anilines is 1. The molecule has 0 unspecified atom stereocenters. The molecule has 27 heavy (non-hydrogen) atoms. The van der Waals surface area contributed by atoms with Gasteiger partial charge < -0.3 is 19.8 Å². The molecular formula is C20H25N3O4. The SMILES string of the molecule is Cc1cc2oc(=O)cc(C)c2cc1NC(=O)N[C@@H]1COC[C@H]1N1CCCC1. The van der Waals surface area contributed by atoms with Crippen molar-refractivity contribution in [3.8, 4) is 0 Å². The van der Waals surface area contributed by atoms with Gasteiger partial charge in [0.15, 0.2) is 0 Å². The van der Waals surface area contributed by atoms with E-state index in [1.807, 2.05) is 19.9 Å². The van der Waals surface area contributed by atoms with E-state index in [1.165, 1.54) is 18.9 Å². The standard InChI is InChI=1S/C20H25N3O4/c1-12-8-19(24)27-18-7-13(2)15(9-14(12)18)21-20(25)22-16-10-26-11-17(16)23-5-3-4-6-23/h7-9,16-17H,3-6,10-11H2,1-2H3,(H2,21,22,25)/t16-,17-/m1/s1. The van der Waals surface area contributed by atoms with Gasteiger partial charge in [-0.15, -0.1) is 0 Å². The van der Waals surface area contributed by atoms with Crippen LogP contribution in [0.1, 0.15) is 24.0 Å². The molecule has 1 aromatic heterocycles. The Morgan fingerprint density at radius 2 is 1.89 bits per heavy atom. The van der Waals surface area contributed by atoms with Gasteiger partial charge in [-0.1, -0.05) is 0 Å². The quantitative estimate of drug-likeness (QED) is 0.810. The van der Waals surface area contributed by atoms with Gasteiger partial charge in [0.1, 0.15) is 5.58 Å². The molecule has 2 amide bonds. The Kier molecular flexibility index (Phi) is 4.88. The number of rotatable bonds is 3. The molecule has 0 radical (unpaired) electrons. The maximum absolute atomic E-state index is 12.6. The third-order valence-electron chi connectivity index (χ3n) is 5.52. The van der Waals surface area contributed by atoms with Crippen molar-refractivity contribution >= 4 is 22.7 Å². The van der Waals surface area contributed by atoms with Gasteiger partial charge in [0, 0.05) is 17.1 Å². The Morgan fingerprint density at radius 3 is 2.67 bits per heavy atom. The number of ether oxygens (including phenoxy) is 1. The highest BCUT2D eigenvalue weighted by atomic mass is 16.5. The summed E-state index contributed by atoms with van der Waals surface area (Å²) in [6, 6.07) is 5.08. The number of fused-ring (bicyclic) bond motifs is 1. The van der Waals surface area contributed by atoms with Gasteiger partial charge in [-0.25, -0.2) is 9.59 Å². The van der Waals surface area contributed by atoms with Crippen LogP contribution in [0.25, 0.3) is 11.0 Å². The van der Waals surface area contributed by atoms with E-state index >= 15 is 0 Å². The monoisotopic (exact) mass is 371 g/mol. The van der Waals surface area contributed by atoms with Crippen LogP contribution in [0, 0.1) is 13.8 Å². The molecule has 144 valence electrons. The van der Waals surface area contributed by atoms with E-state index in [9.17, 15) is 9.59 Å². The second-order valence-corrected chi connectivity index (χ2v) is 7.46. The van der Waals surface area contributed by atoms with Gasteiger partial charge >= 0.3 is 11.7 Å². The second kappa shape index (κ2) is 7.32. The molecule has 2 aliphatic heterocycles. The summed E-state index contributed by atoms with van der Waals surface area (Å²) in [4.78, 5) is 26.5. The van der Waals surface area contributed by atoms with Crippen molar-refractivity contribution in [1.82, 2.24) is 10.2 Å². The van der Waals surface area contributed by atoms with Crippen molar-refractivity contribution in [3.63, 3.8) is 0 Å². The number of nitrogens with zero attached hydrogens (tertiary/aromatic N) is 1. The summed E-state index contributed by atoms with van der Waals surface area (Å²) >= 11 is 0. The maximum Gasteiger partial charge on any atom is 0.336 e. The lowest BCUT2D eigenvalue weighted by Gasteiger charge is -2.28. The van der Waals surface area contributed by atoms with E-state index in [1.54, 1.807) is 6.07 Å². The van der Waals surface area contributed by atoms with Crippen molar-refractivity contribution in [2.45, 2.75) is 38.8 Å². The van der Waals surface area contributed by atoms with Gasteiger partial charge in [0.2, 0.25) is 0 Å². The number of hydrogen-bond donors (Lipinski definition) is 2. The first-order valence-electron chi connectivity index (χ1n) is 9.46. The van der Waals surface area contributed by atoms with Crippen LogP contribution >= 0.6 is 0 Å². The normalized spacial score (nSPS) is 23.0. The molecular weight excluding hydrogens is 346 g/mol. The number of benzene rings is 1. The van der Waals surface area contributed by atoms with E-state index in [0.717, 1.165) is 29.6 Å². The lowest BCUT2D eigenvalue weighted by Crippen LogP contribution is -2.51. The van der Waals surface area contributed by atoms with Crippen LogP contribution in [-0.2, 0) is 4.74 Å². The summed E-state index contributed by atoms with van der Waals surface area (Å²) in [5.41, 5.74) is 2.52. The van der Waals surface area contributed by atoms with Crippen molar-refractivity contribution < 1.29 is 13.9 Å². The summed E-state index contributed by atoms with van der Waals surface area (Å²) in [6.45, 7) is 7.08. The van der Waals surface area contributed by atoms with E-state index in [0.29, 0.717) is 24.5 Å². The smallest absolute Gasteiger partial charge is 0.336 e. The minimum Gasteiger partial charge on any atom is -0.423 e. The Balaban J connectivity index is 1.49. The zero-order valence-corrected chi connectivity index (χ0v) is 15.7. The first-order valence-corrected chi connectivity index (χ1v) is 9.46. The predicted molar refractivity (Wildman–Crippen MR) is 103 cm³/mol. The Bertz CT molecular complexity index is 917. The lowest BCUT2D eigenvalue weighted by molar-refractivity contribution is 0.159. The van der Waals surface area contributed by atoms with Gasteiger partial charge in [-0.2, -0.15) is 0 Å². The summed E-state index contributed by atoms with van der Waals surface area (Å²) in [5, 5.41) is 6.82. The number of likely N-dealkylation sites (tertiary alicyclic amines) is 1. The topological polar surface area (TPSA) is 83.8 Å². The molecule has 0 bridgehead atoms.